The van der Waals surface area contributed by atoms with Crippen LogP contribution in [-0.4, -0.2) is 4.57 Å². The van der Waals surface area contributed by atoms with Crippen molar-refractivity contribution in [2.45, 2.75) is 18.8 Å². The van der Waals surface area contributed by atoms with Crippen LogP contribution in [0.1, 0.15) is 33.9 Å². The Hall–Kier alpha value is -6.18. The first-order valence-corrected chi connectivity index (χ1v) is 17.7. The highest BCUT2D eigenvalue weighted by atomic mass is 15.0. The van der Waals surface area contributed by atoms with Crippen LogP contribution < -0.4 is 0 Å². The Labute approximate surface area is 292 Å². The molecular weight excluding hydrogens is 603 g/mol. The number of rotatable bonds is 5. The number of aromatic nitrogens is 1. The number of hydrogen-bond acceptors (Lipinski definition) is 0. The summed E-state index contributed by atoms with van der Waals surface area (Å²) in [4.78, 5) is 0. The predicted octanol–water partition coefficient (Wildman–Crippen LogP) is 12.7. The molecule has 0 saturated carbocycles. The van der Waals surface area contributed by atoms with E-state index in [1.807, 2.05) is 0 Å². The molecule has 1 aromatic heterocycles. The van der Waals surface area contributed by atoms with Crippen molar-refractivity contribution >= 4 is 49.3 Å². The Balaban J connectivity index is 1.09. The maximum Gasteiger partial charge on any atom is 0.0538 e. The van der Waals surface area contributed by atoms with Crippen LogP contribution in [0.15, 0.2) is 176 Å². The van der Waals surface area contributed by atoms with E-state index in [-0.39, 0.29) is 5.92 Å². The van der Waals surface area contributed by atoms with Crippen LogP contribution in [0.25, 0.3) is 66.1 Å². The van der Waals surface area contributed by atoms with Gasteiger partial charge in [-0.2, -0.15) is 0 Å². The Kier molecular flexibility index (Phi) is 6.77. The fraction of sp³-hybridized carbons (Fsp3) is 0.0612. The van der Waals surface area contributed by atoms with E-state index in [0.717, 1.165) is 12.8 Å². The third kappa shape index (κ3) is 4.77. The van der Waals surface area contributed by atoms with Gasteiger partial charge in [-0.1, -0.05) is 146 Å². The summed E-state index contributed by atoms with van der Waals surface area (Å²) in [6, 6.07) is 62.6. The molecule has 0 aliphatic heterocycles. The van der Waals surface area contributed by atoms with Crippen molar-refractivity contribution in [3.05, 3.63) is 204 Å². The molecule has 1 atom stereocenters. The summed E-state index contributed by atoms with van der Waals surface area (Å²) in [7, 11) is 0. The van der Waals surface area contributed by atoms with Crippen LogP contribution >= 0.6 is 0 Å². The summed E-state index contributed by atoms with van der Waals surface area (Å²) in [5.74, 6) is 0.276. The molecule has 1 aliphatic rings. The van der Waals surface area contributed by atoms with Crippen LogP contribution in [0.5, 0.6) is 0 Å². The fourth-order valence-corrected chi connectivity index (χ4v) is 8.39. The van der Waals surface area contributed by atoms with Crippen LogP contribution in [0.3, 0.4) is 0 Å². The largest absolute Gasteiger partial charge is 0.310 e. The molecule has 1 heterocycles. The van der Waals surface area contributed by atoms with Crippen molar-refractivity contribution in [2.75, 3.05) is 0 Å². The maximum atomic E-state index is 2.45. The highest BCUT2D eigenvalue weighted by molar-refractivity contribution is 5.96. The monoisotopic (exact) mass is 637 g/mol. The predicted molar refractivity (Wildman–Crippen MR) is 212 cm³/mol. The zero-order valence-corrected chi connectivity index (χ0v) is 27.8. The van der Waals surface area contributed by atoms with Gasteiger partial charge in [0.25, 0.3) is 0 Å². The lowest BCUT2D eigenvalue weighted by Gasteiger charge is -2.22. The van der Waals surface area contributed by atoms with Crippen molar-refractivity contribution in [3.8, 4) is 16.8 Å². The molecule has 0 N–H and O–H groups in total. The number of benzene rings is 8. The molecule has 1 aliphatic carbocycles. The van der Waals surface area contributed by atoms with Crippen LogP contribution in [0, 0.1) is 0 Å². The lowest BCUT2D eigenvalue weighted by molar-refractivity contribution is 0.832. The summed E-state index contributed by atoms with van der Waals surface area (Å²) in [6.45, 7) is 0. The van der Waals surface area contributed by atoms with E-state index in [2.05, 4.69) is 187 Å². The van der Waals surface area contributed by atoms with Gasteiger partial charge in [0.15, 0.2) is 0 Å². The van der Waals surface area contributed by atoms with Gasteiger partial charge in [0.1, 0.15) is 0 Å². The second kappa shape index (κ2) is 11.8. The van der Waals surface area contributed by atoms with Gasteiger partial charge in [0.2, 0.25) is 0 Å². The van der Waals surface area contributed by atoms with Crippen molar-refractivity contribution in [2.24, 2.45) is 0 Å². The lowest BCUT2D eigenvalue weighted by atomic mass is 9.83. The minimum Gasteiger partial charge on any atom is -0.310 e. The third-order valence-electron chi connectivity index (χ3n) is 10.8. The number of fused-ring (bicyclic) bond motifs is 6. The molecule has 1 nitrogen and oxygen atoms in total. The second-order valence-electron chi connectivity index (χ2n) is 13.7. The first-order chi connectivity index (χ1) is 24.8. The first-order valence-electron chi connectivity index (χ1n) is 17.7. The van der Waals surface area contributed by atoms with E-state index < -0.39 is 0 Å². The smallest absolute Gasteiger partial charge is 0.0538 e. The van der Waals surface area contributed by atoms with Gasteiger partial charge in [-0.05, 0) is 115 Å². The zero-order chi connectivity index (χ0) is 33.0. The Morgan fingerprint density at radius 1 is 0.480 bits per heavy atom. The number of para-hydroxylation sites is 1. The van der Waals surface area contributed by atoms with Crippen LogP contribution in [-0.2, 0) is 12.8 Å². The third-order valence-corrected chi connectivity index (χ3v) is 10.8. The van der Waals surface area contributed by atoms with Crippen LogP contribution in [0.2, 0.25) is 0 Å². The molecule has 0 amide bonds. The average Bonchev–Trinajstić information content (AvgIpc) is 3.51. The van der Waals surface area contributed by atoms with Gasteiger partial charge in [-0.25, -0.2) is 0 Å². The average molecular weight is 638 g/mol. The summed E-state index contributed by atoms with van der Waals surface area (Å²) in [5.41, 5.74) is 11.8. The van der Waals surface area contributed by atoms with E-state index in [0.29, 0.717) is 0 Å². The van der Waals surface area contributed by atoms with Crippen molar-refractivity contribution in [1.82, 2.24) is 4.57 Å². The quantitative estimate of drug-likeness (QED) is 0.177. The Bertz CT molecular complexity index is 2760. The van der Waals surface area contributed by atoms with Gasteiger partial charge in [-0.3, -0.25) is 0 Å². The molecule has 0 fully saturated rings. The summed E-state index contributed by atoms with van der Waals surface area (Å²) >= 11 is 0. The lowest BCUT2D eigenvalue weighted by Crippen LogP contribution is -2.08. The van der Waals surface area contributed by atoms with Crippen molar-refractivity contribution < 1.29 is 0 Å². The molecule has 10 rings (SSSR count). The van der Waals surface area contributed by atoms with Gasteiger partial charge >= 0.3 is 0 Å². The van der Waals surface area contributed by atoms with E-state index >= 15 is 0 Å². The molecule has 9 aromatic rings. The molecule has 1 heteroatoms. The summed E-state index contributed by atoms with van der Waals surface area (Å²) in [6.07, 6.45) is 6.69. The molecule has 236 valence electrons. The SMILES string of the molecule is C1=CC(c2ccc(Cc3cccc4ccccc34)c3ccccc23)Cc2c1n(-c1ccccc1)c1ccc(-c3ccc4ccccc4c3)cc21. The van der Waals surface area contributed by atoms with Crippen LogP contribution in [0.4, 0.5) is 0 Å². The van der Waals surface area contributed by atoms with Crippen molar-refractivity contribution in [3.63, 3.8) is 0 Å². The number of nitrogens with zero attached hydrogens (tertiary/aromatic N) is 1. The second-order valence-corrected chi connectivity index (χ2v) is 13.7. The van der Waals surface area contributed by atoms with E-state index in [1.54, 1.807) is 0 Å². The molecular formula is C49H35N. The molecule has 0 radical (unpaired) electrons. The van der Waals surface area contributed by atoms with Gasteiger partial charge in [0.05, 0.1) is 5.52 Å². The molecule has 0 bridgehead atoms. The molecule has 0 spiro atoms. The van der Waals surface area contributed by atoms with E-state index in [1.165, 1.54) is 88.0 Å². The van der Waals surface area contributed by atoms with Crippen molar-refractivity contribution in [1.29, 1.82) is 0 Å². The van der Waals surface area contributed by atoms with E-state index in [9.17, 15) is 0 Å². The fourth-order valence-electron chi connectivity index (χ4n) is 8.39. The Morgan fingerprint density at radius 2 is 1.16 bits per heavy atom. The number of allylic oxidation sites excluding steroid dienone is 1. The topological polar surface area (TPSA) is 4.93 Å². The number of hydrogen-bond donors (Lipinski definition) is 0. The minimum atomic E-state index is 0.276. The molecule has 8 aromatic carbocycles. The zero-order valence-electron chi connectivity index (χ0n) is 27.8. The normalized spacial score (nSPS) is 14.1. The maximum absolute atomic E-state index is 2.45. The highest BCUT2D eigenvalue weighted by Gasteiger charge is 2.25. The van der Waals surface area contributed by atoms with Gasteiger partial charge < -0.3 is 4.57 Å². The molecule has 1 unspecified atom stereocenters. The first kappa shape index (κ1) is 28.8. The van der Waals surface area contributed by atoms with E-state index in [4.69, 9.17) is 0 Å². The molecule has 50 heavy (non-hydrogen) atoms. The Morgan fingerprint density at radius 3 is 2.04 bits per heavy atom. The summed E-state index contributed by atoms with van der Waals surface area (Å²) < 4.78 is 2.45. The minimum absolute atomic E-state index is 0.276. The standard InChI is InChI=1S/C49H35N/c1-2-16-41(17-3-1)50-48-27-24-37(36-22-21-33-11-4-5-13-35(33)29-36)31-46(48)47-32-40(25-28-49(47)50)44-26-23-39(43-19-8-9-20-45(43)44)30-38-15-10-14-34-12-6-7-18-42(34)38/h1-29,31,40H,30,32H2. The van der Waals surface area contributed by atoms with Gasteiger partial charge in [0, 0.05) is 22.7 Å². The van der Waals surface area contributed by atoms with Gasteiger partial charge in [-0.15, -0.1) is 0 Å². The summed E-state index contributed by atoms with van der Waals surface area (Å²) in [5, 5.41) is 9.22. The highest BCUT2D eigenvalue weighted by Crippen LogP contribution is 2.42. The molecule has 0 saturated heterocycles.